The Bertz CT molecular complexity index is 643. The van der Waals surface area contributed by atoms with E-state index in [1.807, 2.05) is 6.07 Å². The van der Waals surface area contributed by atoms with E-state index in [1.165, 1.54) is 12.1 Å². The molecule has 2 rings (SSSR count). The molecule has 0 atom stereocenters. The van der Waals surface area contributed by atoms with Gasteiger partial charge in [-0.3, -0.25) is 5.32 Å². The van der Waals surface area contributed by atoms with Crippen LogP contribution in [0.15, 0.2) is 65.6 Å². The summed E-state index contributed by atoms with van der Waals surface area (Å²) in [6.07, 6.45) is -1.04. The summed E-state index contributed by atoms with van der Waals surface area (Å²) in [4.78, 5) is 10.2. The van der Waals surface area contributed by atoms with E-state index in [9.17, 15) is 13.2 Å². The SMILES string of the molecule is NS(=O)(=O)c1ccccc1.O=C(O)Nc1ccccc1. The van der Waals surface area contributed by atoms with Crippen LogP contribution >= 0.6 is 0 Å². The van der Waals surface area contributed by atoms with Gasteiger partial charge in [0.05, 0.1) is 4.90 Å². The Balaban J connectivity index is 0.000000200. The zero-order valence-electron chi connectivity index (χ0n) is 10.4. The molecule has 0 aliphatic rings. The molecule has 0 saturated carbocycles. The zero-order valence-corrected chi connectivity index (χ0v) is 11.2. The van der Waals surface area contributed by atoms with Gasteiger partial charge >= 0.3 is 6.09 Å². The minimum Gasteiger partial charge on any atom is -0.465 e. The van der Waals surface area contributed by atoms with E-state index in [0.717, 1.165) is 0 Å². The molecule has 6 nitrogen and oxygen atoms in total. The number of hydrogen-bond acceptors (Lipinski definition) is 3. The van der Waals surface area contributed by atoms with Gasteiger partial charge in [-0.15, -0.1) is 0 Å². The molecule has 0 aliphatic heterocycles. The molecule has 0 heterocycles. The predicted molar refractivity (Wildman–Crippen MR) is 75.9 cm³/mol. The van der Waals surface area contributed by atoms with Gasteiger partial charge in [-0.1, -0.05) is 36.4 Å². The number of para-hydroxylation sites is 1. The average Bonchev–Trinajstić information content (AvgIpc) is 2.40. The maximum absolute atomic E-state index is 10.6. The summed E-state index contributed by atoms with van der Waals surface area (Å²) in [7, 11) is -3.50. The Morgan fingerprint density at radius 1 is 0.950 bits per heavy atom. The summed E-state index contributed by atoms with van der Waals surface area (Å²) in [5.74, 6) is 0. The Morgan fingerprint density at radius 2 is 1.40 bits per heavy atom. The van der Waals surface area contributed by atoms with Crippen molar-refractivity contribution in [1.29, 1.82) is 0 Å². The fraction of sp³-hybridized carbons (Fsp3) is 0. The fourth-order valence-corrected chi connectivity index (χ4v) is 1.79. The van der Waals surface area contributed by atoms with Gasteiger partial charge in [0.2, 0.25) is 10.0 Å². The molecule has 1 amide bonds. The molecule has 0 aromatic heterocycles. The van der Waals surface area contributed by atoms with Gasteiger partial charge in [-0.2, -0.15) is 0 Å². The molecule has 0 aliphatic carbocycles. The Labute approximate surface area is 116 Å². The van der Waals surface area contributed by atoms with E-state index in [1.54, 1.807) is 42.5 Å². The molecular weight excluding hydrogens is 280 g/mol. The van der Waals surface area contributed by atoms with Crippen LogP contribution in [0.25, 0.3) is 0 Å². The number of rotatable bonds is 2. The lowest BCUT2D eigenvalue weighted by atomic mass is 10.3. The number of sulfonamides is 1. The van der Waals surface area contributed by atoms with Gasteiger partial charge in [0, 0.05) is 5.69 Å². The summed E-state index contributed by atoms with van der Waals surface area (Å²) in [6.45, 7) is 0. The van der Waals surface area contributed by atoms with Crippen molar-refractivity contribution in [3.05, 3.63) is 60.7 Å². The molecule has 0 spiro atoms. The number of nitrogens with two attached hydrogens (primary N) is 1. The summed E-state index contributed by atoms with van der Waals surface area (Å²) in [5, 5.41) is 15.3. The quantitative estimate of drug-likeness (QED) is 0.787. The van der Waals surface area contributed by atoms with E-state index in [-0.39, 0.29) is 4.90 Å². The number of nitrogens with one attached hydrogen (secondary N) is 1. The number of amides is 1. The molecule has 0 fully saturated rings. The van der Waals surface area contributed by atoms with E-state index < -0.39 is 16.1 Å². The predicted octanol–water partition coefficient (Wildman–Crippen LogP) is 2.11. The first-order valence-corrected chi connectivity index (χ1v) is 7.07. The summed E-state index contributed by atoms with van der Waals surface area (Å²) in [6, 6.07) is 16.6. The van der Waals surface area contributed by atoms with E-state index in [0.29, 0.717) is 5.69 Å². The van der Waals surface area contributed by atoms with Crippen LogP contribution in [0.2, 0.25) is 0 Å². The summed E-state index contributed by atoms with van der Waals surface area (Å²) < 4.78 is 21.2. The fourth-order valence-electron chi connectivity index (χ4n) is 1.26. The molecule has 2 aromatic rings. The standard InChI is InChI=1S/C7H7NO2.C6H7NO2S/c9-7(10)8-6-4-2-1-3-5-6;7-10(8,9)6-4-2-1-3-5-6/h1-5,8H,(H,9,10);1-5H,(H2,7,8,9). The van der Waals surface area contributed by atoms with Crippen molar-refractivity contribution >= 4 is 21.8 Å². The van der Waals surface area contributed by atoms with Crippen molar-refractivity contribution < 1.29 is 18.3 Å². The van der Waals surface area contributed by atoms with E-state index in [2.05, 4.69) is 5.32 Å². The van der Waals surface area contributed by atoms with Gasteiger partial charge in [0.25, 0.3) is 0 Å². The van der Waals surface area contributed by atoms with Gasteiger partial charge in [0.15, 0.2) is 0 Å². The van der Waals surface area contributed by atoms with Crippen molar-refractivity contribution in [2.75, 3.05) is 5.32 Å². The van der Waals surface area contributed by atoms with Crippen LogP contribution < -0.4 is 10.5 Å². The summed E-state index contributed by atoms with van der Waals surface area (Å²) in [5.41, 5.74) is 0.593. The van der Waals surface area contributed by atoms with E-state index in [4.69, 9.17) is 10.2 Å². The van der Waals surface area contributed by atoms with Gasteiger partial charge in [-0.05, 0) is 24.3 Å². The minimum atomic E-state index is -3.50. The normalized spacial score (nSPS) is 10.1. The number of primary sulfonamides is 1. The molecule has 2 aromatic carbocycles. The van der Waals surface area contributed by atoms with Crippen molar-refractivity contribution in [3.8, 4) is 0 Å². The Hall–Kier alpha value is -2.38. The second-order valence-corrected chi connectivity index (χ2v) is 5.22. The summed E-state index contributed by atoms with van der Waals surface area (Å²) >= 11 is 0. The van der Waals surface area contributed by atoms with Crippen molar-refractivity contribution in [2.24, 2.45) is 5.14 Å². The third kappa shape index (κ3) is 5.98. The minimum absolute atomic E-state index is 0.148. The van der Waals surface area contributed by atoms with Crippen LogP contribution in [0.4, 0.5) is 10.5 Å². The van der Waals surface area contributed by atoms with Crippen LogP contribution in [-0.2, 0) is 10.0 Å². The van der Waals surface area contributed by atoms with Crippen molar-refractivity contribution in [3.63, 3.8) is 0 Å². The molecular formula is C13H14N2O4S. The Kier molecular flexibility index (Phi) is 5.70. The van der Waals surface area contributed by atoms with Crippen LogP contribution in [0.5, 0.6) is 0 Å². The first-order chi connectivity index (χ1) is 9.39. The maximum Gasteiger partial charge on any atom is 0.409 e. The molecule has 4 N–H and O–H groups in total. The number of carbonyl (C=O) groups is 1. The van der Waals surface area contributed by atoms with Gasteiger partial charge in [-0.25, -0.2) is 18.4 Å². The number of anilines is 1. The highest BCUT2D eigenvalue weighted by Gasteiger charge is 2.03. The second kappa shape index (κ2) is 7.27. The lowest BCUT2D eigenvalue weighted by Gasteiger charge is -1.96. The van der Waals surface area contributed by atoms with Crippen LogP contribution in [-0.4, -0.2) is 19.6 Å². The Morgan fingerprint density at radius 3 is 1.75 bits per heavy atom. The van der Waals surface area contributed by atoms with Crippen molar-refractivity contribution in [1.82, 2.24) is 0 Å². The third-order valence-electron chi connectivity index (χ3n) is 2.10. The second-order valence-electron chi connectivity index (χ2n) is 3.65. The first kappa shape index (κ1) is 15.7. The zero-order chi connectivity index (χ0) is 15.0. The van der Waals surface area contributed by atoms with Crippen LogP contribution in [0.1, 0.15) is 0 Å². The van der Waals surface area contributed by atoms with E-state index >= 15 is 0 Å². The number of hydrogen-bond donors (Lipinski definition) is 3. The lowest BCUT2D eigenvalue weighted by Crippen LogP contribution is -2.11. The molecule has 7 heteroatoms. The topological polar surface area (TPSA) is 109 Å². The highest BCUT2D eigenvalue weighted by molar-refractivity contribution is 7.89. The maximum atomic E-state index is 10.6. The van der Waals surface area contributed by atoms with Crippen molar-refractivity contribution in [2.45, 2.75) is 4.90 Å². The smallest absolute Gasteiger partial charge is 0.409 e. The third-order valence-corrected chi connectivity index (χ3v) is 3.03. The van der Waals surface area contributed by atoms with Gasteiger partial charge < -0.3 is 5.11 Å². The monoisotopic (exact) mass is 294 g/mol. The van der Waals surface area contributed by atoms with Crippen LogP contribution in [0.3, 0.4) is 0 Å². The molecule has 106 valence electrons. The molecule has 0 radical (unpaired) electrons. The molecule has 0 bridgehead atoms. The number of carboxylic acid groups (broad SMARTS) is 1. The molecule has 0 unspecified atom stereocenters. The molecule has 20 heavy (non-hydrogen) atoms. The first-order valence-electron chi connectivity index (χ1n) is 5.52. The average molecular weight is 294 g/mol. The lowest BCUT2D eigenvalue weighted by molar-refractivity contribution is 0.209. The van der Waals surface area contributed by atoms with Gasteiger partial charge in [0.1, 0.15) is 0 Å². The largest absolute Gasteiger partial charge is 0.465 e. The van der Waals surface area contributed by atoms with Crippen LogP contribution in [0, 0.1) is 0 Å². The highest BCUT2D eigenvalue weighted by atomic mass is 32.2. The highest BCUT2D eigenvalue weighted by Crippen LogP contribution is 2.04. The number of benzene rings is 2. The molecule has 0 saturated heterocycles.